The van der Waals surface area contributed by atoms with Crippen molar-refractivity contribution >= 4 is 11.7 Å². The number of carbonyl (C=O) groups is 2. The normalized spacial score (nSPS) is 20.7. The first-order valence-electron chi connectivity index (χ1n) is 12.0. The predicted octanol–water partition coefficient (Wildman–Crippen LogP) is 3.94. The van der Waals surface area contributed by atoms with E-state index in [1.54, 1.807) is 18.4 Å². The van der Waals surface area contributed by atoms with E-state index in [4.69, 9.17) is 9.47 Å². The lowest BCUT2D eigenvalue weighted by molar-refractivity contribution is -0.144. The molecule has 0 bridgehead atoms. The van der Waals surface area contributed by atoms with Gasteiger partial charge in [-0.15, -0.1) is 0 Å². The Labute approximate surface area is 210 Å². The fraction of sp³-hybridized carbons (Fsp3) is 0.379. The van der Waals surface area contributed by atoms with Crippen LogP contribution in [-0.2, 0) is 26.2 Å². The van der Waals surface area contributed by atoms with Crippen LogP contribution in [0.3, 0.4) is 0 Å². The van der Waals surface area contributed by atoms with Crippen molar-refractivity contribution in [2.24, 2.45) is 5.92 Å². The van der Waals surface area contributed by atoms with Crippen molar-refractivity contribution in [1.29, 1.82) is 0 Å². The van der Waals surface area contributed by atoms with E-state index in [-0.39, 0.29) is 25.2 Å². The highest BCUT2D eigenvalue weighted by atomic mass is 19.1. The van der Waals surface area contributed by atoms with Gasteiger partial charge in [-0.1, -0.05) is 55.8 Å². The topological polar surface area (TPSA) is 84.9 Å². The summed E-state index contributed by atoms with van der Waals surface area (Å²) >= 11 is 0. The number of benzene rings is 2. The smallest absolute Gasteiger partial charge is 0.253 e. The maximum absolute atomic E-state index is 14.2. The fourth-order valence-electron chi connectivity index (χ4n) is 5.15. The van der Waals surface area contributed by atoms with Crippen molar-refractivity contribution in [3.8, 4) is 5.75 Å². The van der Waals surface area contributed by atoms with Crippen LogP contribution in [0.2, 0.25) is 0 Å². The fourth-order valence-corrected chi connectivity index (χ4v) is 5.15. The summed E-state index contributed by atoms with van der Waals surface area (Å²) in [5, 5.41) is 14.7. The highest BCUT2D eigenvalue weighted by Crippen LogP contribution is 2.39. The van der Waals surface area contributed by atoms with Crippen LogP contribution < -0.4 is 10.1 Å². The Hall–Kier alpha value is -3.45. The van der Waals surface area contributed by atoms with Gasteiger partial charge in [0.25, 0.3) is 5.91 Å². The zero-order valence-electron chi connectivity index (χ0n) is 21.0. The molecule has 1 aliphatic carbocycles. The van der Waals surface area contributed by atoms with E-state index in [0.717, 1.165) is 16.7 Å². The lowest BCUT2D eigenvalue weighted by atomic mass is 9.72. The monoisotopic (exact) mass is 493 g/mol. The van der Waals surface area contributed by atoms with Crippen LogP contribution in [0.5, 0.6) is 5.75 Å². The molecule has 3 unspecified atom stereocenters. The summed E-state index contributed by atoms with van der Waals surface area (Å²) < 4.78 is 24.9. The summed E-state index contributed by atoms with van der Waals surface area (Å²) in [4.78, 5) is 26.7. The SMILES string of the molecule is COc1ccc(F)cc1C(C)(C)CC(O)(Cc1cccc(C)c1)C(=O)NC1C=CC2=COCC2C1=O. The number of ketones is 1. The van der Waals surface area contributed by atoms with Crippen molar-refractivity contribution in [3.05, 3.63) is 89.0 Å². The van der Waals surface area contributed by atoms with Crippen molar-refractivity contribution in [1.82, 2.24) is 5.32 Å². The van der Waals surface area contributed by atoms with Gasteiger partial charge in [0.15, 0.2) is 5.78 Å². The number of nitrogens with one attached hydrogen (secondary N) is 1. The second-order valence-electron chi connectivity index (χ2n) is 10.3. The molecule has 0 saturated heterocycles. The summed E-state index contributed by atoms with van der Waals surface area (Å²) in [7, 11) is 1.49. The number of amides is 1. The summed E-state index contributed by atoms with van der Waals surface area (Å²) in [5.41, 5.74) is 0.324. The highest BCUT2D eigenvalue weighted by Gasteiger charge is 2.45. The molecule has 2 N–H and O–H groups in total. The Morgan fingerprint density at radius 2 is 2.03 bits per heavy atom. The summed E-state index contributed by atoms with van der Waals surface area (Å²) in [6.07, 6.45) is 4.92. The van der Waals surface area contributed by atoms with E-state index in [0.29, 0.717) is 11.3 Å². The molecule has 1 amide bonds. The number of carbonyl (C=O) groups excluding carboxylic acids is 2. The largest absolute Gasteiger partial charge is 0.500 e. The number of hydrogen-bond donors (Lipinski definition) is 2. The van der Waals surface area contributed by atoms with Gasteiger partial charge in [0, 0.05) is 17.6 Å². The third kappa shape index (κ3) is 5.21. The first-order valence-corrected chi connectivity index (χ1v) is 12.0. The molecule has 0 saturated carbocycles. The molecule has 1 heterocycles. The van der Waals surface area contributed by atoms with Crippen molar-refractivity contribution < 1.29 is 28.6 Å². The standard InChI is InChI=1S/C29H32FNO5/c1-18-6-5-7-19(12-18)14-29(34,17-28(2,3)23-13-21(30)9-11-25(23)35-4)27(33)31-24-10-8-20-15-36-16-22(20)26(24)32/h5-13,15,22,24,34H,14,16-17H2,1-4H3,(H,31,33). The molecule has 4 rings (SSSR count). The van der Waals surface area contributed by atoms with E-state index in [1.165, 1.54) is 25.3 Å². The number of allylic oxidation sites excluding steroid dienone is 1. The zero-order valence-corrected chi connectivity index (χ0v) is 21.0. The molecule has 0 radical (unpaired) electrons. The highest BCUT2D eigenvalue weighted by molar-refractivity contribution is 5.97. The van der Waals surface area contributed by atoms with Gasteiger partial charge in [-0.2, -0.15) is 0 Å². The molecule has 1 aliphatic heterocycles. The van der Waals surface area contributed by atoms with Gasteiger partial charge < -0.3 is 19.9 Å². The van der Waals surface area contributed by atoms with Gasteiger partial charge in [-0.05, 0) is 42.5 Å². The molecule has 0 spiro atoms. The predicted molar refractivity (Wildman–Crippen MR) is 134 cm³/mol. The number of Topliss-reactive ketones (excluding diaryl/α,β-unsaturated/α-hetero) is 1. The van der Waals surface area contributed by atoms with Gasteiger partial charge in [-0.3, -0.25) is 9.59 Å². The lowest BCUT2D eigenvalue weighted by Gasteiger charge is -2.37. The van der Waals surface area contributed by atoms with Gasteiger partial charge >= 0.3 is 0 Å². The molecule has 2 aliphatic rings. The molecular weight excluding hydrogens is 461 g/mol. The molecular formula is C29H32FNO5. The van der Waals surface area contributed by atoms with E-state index in [9.17, 15) is 19.1 Å². The Morgan fingerprint density at radius 1 is 1.25 bits per heavy atom. The Bertz CT molecular complexity index is 1230. The first-order chi connectivity index (χ1) is 17.0. The summed E-state index contributed by atoms with van der Waals surface area (Å²) in [5.74, 6) is -1.25. The van der Waals surface area contributed by atoms with E-state index in [2.05, 4.69) is 5.32 Å². The van der Waals surface area contributed by atoms with E-state index >= 15 is 0 Å². The first kappa shape index (κ1) is 25.6. The summed E-state index contributed by atoms with van der Waals surface area (Å²) in [6, 6.07) is 10.9. The Balaban J connectivity index is 1.66. The Morgan fingerprint density at radius 3 is 2.75 bits per heavy atom. The molecule has 0 aromatic heterocycles. The quantitative estimate of drug-likeness (QED) is 0.582. The van der Waals surface area contributed by atoms with Crippen LogP contribution in [0, 0.1) is 18.7 Å². The molecule has 2 aromatic carbocycles. The zero-order chi connectivity index (χ0) is 26.1. The maximum atomic E-state index is 14.2. The minimum atomic E-state index is -1.90. The van der Waals surface area contributed by atoms with Gasteiger partial charge in [0.2, 0.25) is 0 Å². The van der Waals surface area contributed by atoms with Crippen molar-refractivity contribution in [2.45, 2.75) is 50.7 Å². The van der Waals surface area contributed by atoms with Crippen LogP contribution in [0.4, 0.5) is 4.39 Å². The number of aliphatic hydroxyl groups is 1. The second kappa shape index (κ2) is 9.90. The van der Waals surface area contributed by atoms with Gasteiger partial charge in [0.1, 0.15) is 29.8 Å². The third-order valence-corrected chi connectivity index (χ3v) is 6.93. The van der Waals surface area contributed by atoms with E-state index < -0.39 is 34.7 Å². The van der Waals surface area contributed by atoms with Crippen LogP contribution in [0.15, 0.2) is 66.5 Å². The number of ether oxygens (including phenoxy) is 2. The van der Waals surface area contributed by atoms with Crippen molar-refractivity contribution in [3.63, 3.8) is 0 Å². The summed E-state index contributed by atoms with van der Waals surface area (Å²) in [6.45, 7) is 5.84. The van der Waals surface area contributed by atoms with Crippen LogP contribution >= 0.6 is 0 Å². The number of aryl methyl sites for hydroxylation is 1. The Kier molecular flexibility index (Phi) is 7.05. The molecule has 6 nitrogen and oxygen atoms in total. The minimum absolute atomic E-state index is 0.0177. The number of halogens is 1. The molecule has 7 heteroatoms. The van der Waals surface area contributed by atoms with E-state index in [1.807, 2.05) is 45.0 Å². The molecule has 0 fully saturated rings. The average Bonchev–Trinajstić information content (AvgIpc) is 3.30. The number of rotatable bonds is 8. The third-order valence-electron chi connectivity index (χ3n) is 6.93. The number of fused-ring (bicyclic) bond motifs is 1. The van der Waals surface area contributed by atoms with Gasteiger partial charge in [0.05, 0.1) is 19.3 Å². The van der Waals surface area contributed by atoms with Crippen LogP contribution in [0.1, 0.15) is 37.0 Å². The van der Waals surface area contributed by atoms with Crippen LogP contribution in [0.25, 0.3) is 0 Å². The van der Waals surface area contributed by atoms with Gasteiger partial charge in [-0.25, -0.2) is 4.39 Å². The van der Waals surface area contributed by atoms with Crippen molar-refractivity contribution in [2.75, 3.05) is 13.7 Å². The minimum Gasteiger partial charge on any atom is -0.500 e. The second-order valence-corrected chi connectivity index (χ2v) is 10.3. The molecule has 36 heavy (non-hydrogen) atoms. The number of methoxy groups -OCH3 is 1. The van der Waals surface area contributed by atoms with Crippen LogP contribution in [-0.4, -0.2) is 42.2 Å². The molecule has 3 atom stereocenters. The maximum Gasteiger partial charge on any atom is 0.253 e. The molecule has 190 valence electrons. The number of hydrogen-bond acceptors (Lipinski definition) is 5. The molecule has 2 aromatic rings. The average molecular weight is 494 g/mol. The lowest BCUT2D eigenvalue weighted by Crippen LogP contribution is -2.56.